The second-order valence-electron chi connectivity index (χ2n) is 9.75. The third kappa shape index (κ3) is 11.2. The summed E-state index contributed by atoms with van der Waals surface area (Å²) in [5, 5.41) is 18.8. The molecule has 0 amide bonds. The number of alkyl halides is 3. The molecule has 0 saturated carbocycles. The van der Waals surface area contributed by atoms with Crippen molar-refractivity contribution >= 4 is 5.97 Å². The van der Waals surface area contributed by atoms with E-state index in [4.69, 9.17) is 9.84 Å². The Hall–Kier alpha value is -1.80. The monoisotopic (exact) mass is 501 g/mol. The molecule has 35 heavy (non-hydrogen) atoms. The molecule has 1 aliphatic heterocycles. The molecular weight excluding hydrogens is 459 g/mol. The van der Waals surface area contributed by atoms with Crippen LogP contribution >= 0.6 is 0 Å². The van der Waals surface area contributed by atoms with Crippen molar-refractivity contribution in [1.82, 2.24) is 4.90 Å². The first-order chi connectivity index (χ1) is 16.7. The van der Waals surface area contributed by atoms with Gasteiger partial charge in [0.05, 0.1) is 0 Å². The predicted molar refractivity (Wildman–Crippen MR) is 131 cm³/mol. The molecule has 2 N–H and O–H groups in total. The summed E-state index contributed by atoms with van der Waals surface area (Å²) in [5.41, 5.74) is 0.679. The zero-order chi connectivity index (χ0) is 25.7. The number of carboxylic acids is 1. The highest BCUT2D eigenvalue weighted by Crippen LogP contribution is 2.26. The van der Waals surface area contributed by atoms with E-state index in [1.54, 1.807) is 24.3 Å². The molecule has 200 valence electrons. The lowest BCUT2D eigenvalue weighted by molar-refractivity contribution is -0.205. The van der Waals surface area contributed by atoms with Crippen LogP contribution in [0.15, 0.2) is 24.3 Å². The Morgan fingerprint density at radius 1 is 1.03 bits per heavy atom. The minimum atomic E-state index is -4.61. The van der Waals surface area contributed by atoms with Gasteiger partial charge in [-0.1, -0.05) is 76.8 Å². The first kappa shape index (κ1) is 29.4. The van der Waals surface area contributed by atoms with Gasteiger partial charge in [0.2, 0.25) is 0 Å². The van der Waals surface area contributed by atoms with Gasteiger partial charge in [0, 0.05) is 13.0 Å². The van der Waals surface area contributed by atoms with Crippen molar-refractivity contribution < 1.29 is 32.9 Å². The van der Waals surface area contributed by atoms with E-state index >= 15 is 0 Å². The molecule has 1 aliphatic rings. The molecule has 3 atom stereocenters. The molecular formula is C27H42F3NO4. The lowest BCUT2D eigenvalue weighted by Gasteiger charge is -2.20. The van der Waals surface area contributed by atoms with Gasteiger partial charge in [-0.05, 0) is 43.5 Å². The van der Waals surface area contributed by atoms with E-state index in [1.807, 2.05) is 4.90 Å². The van der Waals surface area contributed by atoms with Crippen LogP contribution in [0.3, 0.4) is 0 Å². The second kappa shape index (κ2) is 15.3. The minimum Gasteiger partial charge on any atom is -0.489 e. The number of aryl methyl sites for hydroxylation is 1. The van der Waals surface area contributed by atoms with Gasteiger partial charge in [0.15, 0.2) is 0 Å². The molecule has 1 fully saturated rings. The Balaban J connectivity index is 1.69. The number of hydrogen-bond donors (Lipinski definition) is 2. The van der Waals surface area contributed by atoms with E-state index in [-0.39, 0.29) is 18.9 Å². The first-order valence-corrected chi connectivity index (χ1v) is 13.2. The van der Waals surface area contributed by atoms with Crippen LogP contribution in [-0.2, 0) is 11.2 Å². The molecule has 1 heterocycles. The molecule has 0 aromatic heterocycles. The predicted octanol–water partition coefficient (Wildman–Crippen LogP) is 6.37. The zero-order valence-electron chi connectivity index (χ0n) is 20.9. The number of nitrogens with zero attached hydrogens (tertiary/aromatic N) is 1. The lowest BCUT2D eigenvalue weighted by atomic mass is 10.1. The van der Waals surface area contributed by atoms with Crippen molar-refractivity contribution in [2.75, 3.05) is 13.1 Å². The van der Waals surface area contributed by atoms with Crippen LogP contribution in [0.1, 0.15) is 89.5 Å². The summed E-state index contributed by atoms with van der Waals surface area (Å²) in [5.74, 6) is -0.262. The SMILES string of the molecule is CCCCCCCCCCCCN1C[C@@H](Oc2ccc(CCC(O)C(F)(F)F)cc2)C[C@H]1C(=O)O. The fraction of sp³-hybridized carbons (Fsp3) is 0.741. The molecule has 1 unspecified atom stereocenters. The molecule has 8 heteroatoms. The molecule has 1 aromatic rings. The average molecular weight is 502 g/mol. The first-order valence-electron chi connectivity index (χ1n) is 13.2. The molecule has 0 aliphatic carbocycles. The number of halogens is 3. The van der Waals surface area contributed by atoms with Crippen molar-refractivity contribution in [3.05, 3.63) is 29.8 Å². The number of carbonyl (C=O) groups is 1. The van der Waals surface area contributed by atoms with Crippen LogP contribution in [0.4, 0.5) is 13.2 Å². The number of aliphatic hydroxyl groups excluding tert-OH is 1. The van der Waals surface area contributed by atoms with Gasteiger partial charge in [-0.25, -0.2) is 0 Å². The number of ether oxygens (including phenoxy) is 1. The lowest BCUT2D eigenvalue weighted by Crippen LogP contribution is -2.36. The van der Waals surface area contributed by atoms with Crippen molar-refractivity contribution in [1.29, 1.82) is 0 Å². The number of aliphatic hydroxyl groups is 1. The number of rotatable bonds is 17. The summed E-state index contributed by atoms with van der Waals surface area (Å²) < 4.78 is 43.3. The van der Waals surface area contributed by atoms with E-state index < -0.39 is 24.3 Å². The number of hydrogen-bond acceptors (Lipinski definition) is 4. The van der Waals surface area contributed by atoms with Gasteiger partial charge in [0.25, 0.3) is 0 Å². The van der Waals surface area contributed by atoms with Crippen LogP contribution in [-0.4, -0.2) is 58.6 Å². The van der Waals surface area contributed by atoms with Crippen LogP contribution in [0.2, 0.25) is 0 Å². The van der Waals surface area contributed by atoms with Gasteiger partial charge < -0.3 is 14.9 Å². The molecule has 0 radical (unpaired) electrons. The normalized spacial score (nSPS) is 19.7. The molecule has 0 spiro atoms. The Labute approximate surface area is 207 Å². The van der Waals surface area contributed by atoms with Crippen molar-refractivity contribution in [3.8, 4) is 5.75 Å². The average Bonchev–Trinajstić information content (AvgIpc) is 3.21. The Morgan fingerprint density at radius 2 is 1.60 bits per heavy atom. The highest BCUT2D eigenvalue weighted by Gasteiger charge is 2.38. The van der Waals surface area contributed by atoms with E-state index in [2.05, 4.69) is 6.92 Å². The number of aliphatic carboxylic acids is 1. The fourth-order valence-electron chi connectivity index (χ4n) is 4.65. The van der Waals surface area contributed by atoms with E-state index in [0.29, 0.717) is 24.3 Å². The standard InChI is InChI=1S/C27H42F3NO4/c1-2-3-4-5-6-7-8-9-10-11-18-31-20-23(19-24(31)26(33)34)35-22-15-12-21(13-16-22)14-17-25(32)27(28,29)30/h12-13,15-16,23-25,32H,2-11,14,17-20H2,1H3,(H,33,34)/t23-,24-,25?/m0/s1. The maximum atomic E-state index is 12.4. The van der Waals surface area contributed by atoms with Gasteiger partial charge >= 0.3 is 12.1 Å². The topological polar surface area (TPSA) is 70.0 Å². The third-order valence-electron chi connectivity index (χ3n) is 6.76. The number of carboxylic acid groups (broad SMARTS) is 1. The Bertz CT molecular complexity index is 726. The van der Waals surface area contributed by atoms with Crippen molar-refractivity contribution in [2.24, 2.45) is 0 Å². The quantitative estimate of drug-likeness (QED) is 0.243. The zero-order valence-corrected chi connectivity index (χ0v) is 20.9. The summed E-state index contributed by atoms with van der Waals surface area (Å²) in [6.45, 7) is 3.52. The van der Waals surface area contributed by atoms with Crippen LogP contribution in [0, 0.1) is 0 Å². The van der Waals surface area contributed by atoms with E-state index in [0.717, 1.165) is 19.4 Å². The number of unbranched alkanes of at least 4 members (excludes halogenated alkanes) is 9. The summed E-state index contributed by atoms with van der Waals surface area (Å²) in [6.07, 6.45) is 5.31. The molecule has 1 aromatic carbocycles. The van der Waals surface area contributed by atoms with Crippen LogP contribution in [0.25, 0.3) is 0 Å². The van der Waals surface area contributed by atoms with Crippen LogP contribution < -0.4 is 4.74 Å². The molecule has 1 saturated heterocycles. The second-order valence-corrected chi connectivity index (χ2v) is 9.75. The van der Waals surface area contributed by atoms with Gasteiger partial charge in [-0.2, -0.15) is 13.2 Å². The summed E-state index contributed by atoms with van der Waals surface area (Å²) in [6, 6.07) is 6.20. The highest BCUT2D eigenvalue weighted by atomic mass is 19.4. The third-order valence-corrected chi connectivity index (χ3v) is 6.76. The van der Waals surface area contributed by atoms with Crippen molar-refractivity contribution in [3.63, 3.8) is 0 Å². The maximum absolute atomic E-state index is 12.4. The fourth-order valence-corrected chi connectivity index (χ4v) is 4.65. The summed E-state index contributed by atoms with van der Waals surface area (Å²) >= 11 is 0. The molecule has 2 rings (SSSR count). The highest BCUT2D eigenvalue weighted by molar-refractivity contribution is 5.74. The summed E-state index contributed by atoms with van der Waals surface area (Å²) in [7, 11) is 0. The number of benzene rings is 1. The van der Waals surface area contributed by atoms with E-state index in [9.17, 15) is 23.1 Å². The van der Waals surface area contributed by atoms with Gasteiger partial charge in [-0.15, -0.1) is 0 Å². The van der Waals surface area contributed by atoms with Gasteiger partial charge in [-0.3, -0.25) is 9.69 Å². The Morgan fingerprint density at radius 3 is 2.14 bits per heavy atom. The molecule has 0 bridgehead atoms. The van der Waals surface area contributed by atoms with E-state index in [1.165, 1.54) is 51.4 Å². The molecule has 5 nitrogen and oxygen atoms in total. The van der Waals surface area contributed by atoms with Gasteiger partial charge in [0.1, 0.15) is 24.0 Å². The summed E-state index contributed by atoms with van der Waals surface area (Å²) in [4.78, 5) is 13.7. The minimum absolute atomic E-state index is 0.109. The smallest absolute Gasteiger partial charge is 0.414 e. The largest absolute Gasteiger partial charge is 0.489 e. The maximum Gasteiger partial charge on any atom is 0.414 e. The van der Waals surface area contributed by atoms with Crippen molar-refractivity contribution in [2.45, 2.75) is 115 Å². The van der Waals surface area contributed by atoms with Crippen LogP contribution in [0.5, 0.6) is 5.75 Å². The Kier molecular flexibility index (Phi) is 12.9. The number of likely N-dealkylation sites (tertiary alicyclic amines) is 1.